The Morgan fingerprint density at radius 1 is 1.29 bits per heavy atom. The summed E-state index contributed by atoms with van der Waals surface area (Å²) in [4.78, 5) is 14.7. The fourth-order valence-electron chi connectivity index (χ4n) is 2.55. The van der Waals surface area contributed by atoms with Crippen LogP contribution in [0.15, 0.2) is 0 Å². The van der Waals surface area contributed by atoms with Crippen molar-refractivity contribution in [3.8, 4) is 0 Å². The third kappa shape index (κ3) is 4.45. The monoisotopic (exact) mass is 314 g/mol. The molecule has 0 radical (unpaired) electrons. The molecule has 0 aliphatic rings. The number of carbonyl (C=O) groups excluding carboxylic acids is 1. The van der Waals surface area contributed by atoms with Crippen LogP contribution in [0.2, 0.25) is 5.02 Å². The van der Waals surface area contributed by atoms with Gasteiger partial charge in [-0.3, -0.25) is 14.4 Å². The average molecular weight is 315 g/mol. The molecule has 1 atom stereocenters. The van der Waals surface area contributed by atoms with E-state index in [1.165, 1.54) is 4.68 Å². The number of aryl methyl sites for hydroxylation is 2. The molecule has 5 nitrogen and oxygen atoms in total. The first kappa shape index (κ1) is 18.0. The Labute approximate surface area is 132 Å². The topological polar surface area (TPSA) is 50.2 Å². The zero-order valence-corrected chi connectivity index (χ0v) is 14.8. The molecular weight excluding hydrogens is 288 g/mol. The molecule has 1 heterocycles. The molecule has 1 N–H and O–H groups in total. The van der Waals surface area contributed by atoms with E-state index in [0.29, 0.717) is 28.5 Å². The highest BCUT2D eigenvalue weighted by Crippen LogP contribution is 2.19. The maximum atomic E-state index is 12.4. The summed E-state index contributed by atoms with van der Waals surface area (Å²) in [6.45, 7) is 13.3. The molecule has 0 spiro atoms. The first-order chi connectivity index (χ1) is 9.65. The third-order valence-electron chi connectivity index (χ3n) is 3.55. The lowest BCUT2D eigenvalue weighted by Crippen LogP contribution is -2.47. The summed E-state index contributed by atoms with van der Waals surface area (Å²) >= 11 is 6.14. The summed E-state index contributed by atoms with van der Waals surface area (Å²) in [5, 5.41) is 7.60. The fourth-order valence-corrected chi connectivity index (χ4v) is 2.80. The molecule has 0 fully saturated rings. The smallest absolute Gasteiger partial charge is 0.271 e. The molecule has 6 heteroatoms. The van der Waals surface area contributed by atoms with Gasteiger partial charge in [-0.15, -0.1) is 0 Å². The van der Waals surface area contributed by atoms with Crippen LogP contribution in [0, 0.1) is 6.92 Å². The van der Waals surface area contributed by atoms with Gasteiger partial charge in [-0.05, 0) is 41.5 Å². The van der Waals surface area contributed by atoms with Gasteiger partial charge in [-0.25, -0.2) is 0 Å². The first-order valence-electron chi connectivity index (χ1n) is 7.40. The largest absolute Gasteiger partial charge is 0.347 e. The maximum absolute atomic E-state index is 12.4. The Morgan fingerprint density at radius 3 is 2.19 bits per heavy atom. The number of hydrogen-bond donors (Lipinski definition) is 1. The van der Waals surface area contributed by atoms with Crippen LogP contribution >= 0.6 is 11.6 Å². The maximum Gasteiger partial charge on any atom is 0.271 e. The van der Waals surface area contributed by atoms with Crippen LogP contribution in [0.25, 0.3) is 0 Å². The number of nitrogens with zero attached hydrogens (tertiary/aromatic N) is 3. The van der Waals surface area contributed by atoms with Crippen molar-refractivity contribution in [1.82, 2.24) is 20.0 Å². The molecule has 0 aromatic carbocycles. The summed E-state index contributed by atoms with van der Waals surface area (Å²) in [5.41, 5.74) is 1.09. The Hall–Kier alpha value is -1.07. The Bertz CT molecular complexity index is 488. The summed E-state index contributed by atoms with van der Waals surface area (Å²) in [6.07, 6.45) is 0. The molecule has 0 aliphatic carbocycles. The summed E-state index contributed by atoms with van der Waals surface area (Å²) in [5.74, 6) is -0.178. The number of aromatic nitrogens is 2. The van der Waals surface area contributed by atoms with Crippen LogP contribution in [-0.2, 0) is 7.05 Å². The van der Waals surface area contributed by atoms with Gasteiger partial charge in [0.15, 0.2) is 0 Å². The number of nitrogens with one attached hydrogen (secondary N) is 1. The SMILES string of the molecule is Cc1nn(C)c(C(=O)NC(C)CN(C(C)C)C(C)C)c1Cl. The number of carbonyl (C=O) groups is 1. The second kappa shape index (κ2) is 7.27. The zero-order valence-electron chi connectivity index (χ0n) is 14.1. The summed E-state index contributed by atoms with van der Waals surface area (Å²) in [6, 6.07) is 0.910. The van der Waals surface area contributed by atoms with E-state index in [-0.39, 0.29) is 11.9 Å². The van der Waals surface area contributed by atoms with Gasteiger partial charge in [0.05, 0.1) is 10.7 Å². The van der Waals surface area contributed by atoms with Crippen LogP contribution in [0.5, 0.6) is 0 Å². The van der Waals surface area contributed by atoms with E-state index < -0.39 is 0 Å². The van der Waals surface area contributed by atoms with Crippen molar-refractivity contribution < 1.29 is 4.79 Å². The van der Waals surface area contributed by atoms with Crippen molar-refractivity contribution >= 4 is 17.5 Å². The van der Waals surface area contributed by atoms with Crippen molar-refractivity contribution in [2.24, 2.45) is 7.05 Å². The van der Waals surface area contributed by atoms with E-state index in [2.05, 4.69) is 43.0 Å². The minimum atomic E-state index is -0.178. The van der Waals surface area contributed by atoms with Gasteiger partial charge in [0.1, 0.15) is 5.69 Å². The second-order valence-corrected chi connectivity index (χ2v) is 6.51. The lowest BCUT2D eigenvalue weighted by Gasteiger charge is -2.33. The van der Waals surface area contributed by atoms with Crippen LogP contribution in [0.3, 0.4) is 0 Å². The summed E-state index contributed by atoms with van der Waals surface area (Å²) in [7, 11) is 1.73. The van der Waals surface area contributed by atoms with E-state index in [0.717, 1.165) is 6.54 Å². The predicted molar refractivity (Wildman–Crippen MR) is 86.9 cm³/mol. The van der Waals surface area contributed by atoms with E-state index in [4.69, 9.17) is 11.6 Å². The Morgan fingerprint density at radius 2 is 1.81 bits per heavy atom. The minimum Gasteiger partial charge on any atom is -0.347 e. The molecule has 0 saturated heterocycles. The first-order valence-corrected chi connectivity index (χ1v) is 7.78. The molecule has 120 valence electrons. The second-order valence-electron chi connectivity index (χ2n) is 6.13. The zero-order chi connectivity index (χ0) is 16.3. The molecule has 1 rings (SSSR count). The van der Waals surface area contributed by atoms with Crippen molar-refractivity contribution in [3.63, 3.8) is 0 Å². The van der Waals surface area contributed by atoms with Gasteiger partial charge in [0.2, 0.25) is 0 Å². The van der Waals surface area contributed by atoms with Gasteiger partial charge in [0, 0.05) is 31.7 Å². The molecule has 0 saturated carbocycles. The van der Waals surface area contributed by atoms with E-state index in [1.807, 2.05) is 6.92 Å². The number of rotatable bonds is 6. The molecule has 1 aromatic rings. The lowest BCUT2D eigenvalue weighted by molar-refractivity contribution is 0.0902. The van der Waals surface area contributed by atoms with Crippen LogP contribution in [0.4, 0.5) is 0 Å². The number of halogens is 1. The highest BCUT2D eigenvalue weighted by atomic mass is 35.5. The van der Waals surface area contributed by atoms with Gasteiger partial charge < -0.3 is 5.32 Å². The van der Waals surface area contributed by atoms with Crippen LogP contribution in [-0.4, -0.2) is 45.3 Å². The Kier molecular flexibility index (Phi) is 6.23. The molecule has 1 aromatic heterocycles. The molecule has 0 bridgehead atoms. The van der Waals surface area contributed by atoms with Crippen molar-refractivity contribution in [1.29, 1.82) is 0 Å². The van der Waals surface area contributed by atoms with Gasteiger partial charge in [0.25, 0.3) is 5.91 Å². The van der Waals surface area contributed by atoms with E-state index >= 15 is 0 Å². The highest BCUT2D eigenvalue weighted by Gasteiger charge is 2.22. The molecular formula is C15H27ClN4O. The molecule has 0 aliphatic heterocycles. The number of hydrogen-bond acceptors (Lipinski definition) is 3. The van der Waals surface area contributed by atoms with Crippen LogP contribution < -0.4 is 5.32 Å². The van der Waals surface area contributed by atoms with E-state index in [1.54, 1.807) is 14.0 Å². The average Bonchev–Trinajstić information content (AvgIpc) is 2.59. The minimum absolute atomic E-state index is 0.0357. The van der Waals surface area contributed by atoms with Gasteiger partial charge >= 0.3 is 0 Å². The molecule has 1 amide bonds. The fraction of sp³-hybridized carbons (Fsp3) is 0.733. The summed E-state index contributed by atoms with van der Waals surface area (Å²) < 4.78 is 1.53. The Balaban J connectivity index is 2.74. The highest BCUT2D eigenvalue weighted by molar-refractivity contribution is 6.34. The van der Waals surface area contributed by atoms with Crippen molar-refractivity contribution in [2.75, 3.05) is 6.54 Å². The third-order valence-corrected chi connectivity index (χ3v) is 4.01. The van der Waals surface area contributed by atoms with Gasteiger partial charge in [-0.1, -0.05) is 11.6 Å². The van der Waals surface area contributed by atoms with Crippen LogP contribution in [0.1, 0.15) is 50.8 Å². The number of amides is 1. The quantitative estimate of drug-likeness (QED) is 0.878. The van der Waals surface area contributed by atoms with Crippen molar-refractivity contribution in [3.05, 3.63) is 16.4 Å². The lowest BCUT2D eigenvalue weighted by atomic mass is 10.2. The van der Waals surface area contributed by atoms with E-state index in [9.17, 15) is 4.79 Å². The normalized spacial score (nSPS) is 13.3. The standard InChI is InChI=1S/C15H27ClN4O/c1-9(2)20(10(3)4)8-11(5)17-15(21)14-13(16)12(6)18-19(14)7/h9-11H,8H2,1-7H3,(H,17,21). The van der Waals surface area contributed by atoms with Gasteiger partial charge in [-0.2, -0.15) is 5.10 Å². The predicted octanol–water partition coefficient (Wildman–Crippen LogP) is 2.62. The van der Waals surface area contributed by atoms with Crippen molar-refractivity contribution in [2.45, 2.75) is 59.7 Å². The molecule has 21 heavy (non-hydrogen) atoms. The molecule has 1 unspecified atom stereocenters.